The van der Waals surface area contributed by atoms with Crippen LogP contribution in [0.3, 0.4) is 0 Å². The van der Waals surface area contributed by atoms with Crippen molar-refractivity contribution in [3.63, 3.8) is 0 Å². The average Bonchev–Trinajstić information content (AvgIpc) is 2.94. The zero-order chi connectivity index (χ0) is 15.7. The monoisotopic (exact) mass is 486 g/mol. The van der Waals surface area contributed by atoms with E-state index in [4.69, 9.17) is 0 Å². The minimum Gasteiger partial charge on any atom is -0.207 e. The van der Waals surface area contributed by atoms with E-state index in [1.54, 1.807) is 11.3 Å². The van der Waals surface area contributed by atoms with Crippen molar-refractivity contribution in [2.45, 2.75) is 13.3 Å². The normalized spacial score (nSPS) is 10.9. The third kappa shape index (κ3) is 3.60. The molecule has 0 N–H and O–H groups in total. The minimum atomic E-state index is -0.194. The first-order valence-electron chi connectivity index (χ1n) is 6.82. The van der Waals surface area contributed by atoms with E-state index in [-0.39, 0.29) is 5.82 Å². The first kappa shape index (κ1) is 16.1. The molecule has 0 nitrogen and oxygen atoms in total. The molecule has 0 saturated carbocycles. The molecule has 0 amide bonds. The first-order valence-corrected chi connectivity index (χ1v) is 9.51. The topological polar surface area (TPSA) is 0 Å². The number of hydrogen-bond acceptors (Lipinski definition) is 1. The zero-order valence-corrected chi connectivity index (χ0v) is 16.4. The fraction of sp³-hybridized carbons (Fsp3) is 0.111. The van der Waals surface area contributed by atoms with Gasteiger partial charge in [0.05, 0.1) is 0 Å². The maximum atomic E-state index is 13.0. The van der Waals surface area contributed by atoms with E-state index in [1.165, 1.54) is 36.6 Å². The second-order valence-electron chi connectivity index (χ2n) is 5.14. The number of halogens is 3. The van der Waals surface area contributed by atoms with E-state index in [2.05, 4.69) is 69.7 Å². The number of benzene rings is 2. The summed E-state index contributed by atoms with van der Waals surface area (Å²) in [5.41, 5.74) is 3.71. The van der Waals surface area contributed by atoms with Gasteiger partial charge in [-0.15, -0.1) is 11.3 Å². The standard InChI is InChI=1S/C18H13BrFIS/c1-11-8-16(19)17(21)10-13(11)9-15-6-7-18(22-15)12-2-4-14(20)5-3-12/h2-8,10H,9H2,1H3. The summed E-state index contributed by atoms with van der Waals surface area (Å²) < 4.78 is 15.4. The Bertz CT molecular complexity index is 808. The maximum Gasteiger partial charge on any atom is 0.123 e. The lowest BCUT2D eigenvalue weighted by Gasteiger charge is -2.07. The third-order valence-electron chi connectivity index (χ3n) is 3.53. The summed E-state index contributed by atoms with van der Waals surface area (Å²) in [7, 11) is 0. The predicted octanol–water partition coefficient (Wildman–Crippen LogP) is 6.82. The van der Waals surface area contributed by atoms with Crippen LogP contribution in [0.2, 0.25) is 0 Å². The molecule has 112 valence electrons. The molecule has 0 atom stereocenters. The summed E-state index contributed by atoms with van der Waals surface area (Å²) >= 11 is 7.69. The van der Waals surface area contributed by atoms with Crippen LogP contribution in [0.15, 0.2) is 53.0 Å². The lowest BCUT2D eigenvalue weighted by molar-refractivity contribution is 0.628. The summed E-state index contributed by atoms with van der Waals surface area (Å²) in [6, 6.07) is 15.4. The predicted molar refractivity (Wildman–Crippen MR) is 104 cm³/mol. The number of thiophene rings is 1. The molecule has 3 aromatic rings. The van der Waals surface area contributed by atoms with Crippen LogP contribution in [0.4, 0.5) is 4.39 Å². The van der Waals surface area contributed by atoms with Gasteiger partial charge < -0.3 is 0 Å². The van der Waals surface area contributed by atoms with Gasteiger partial charge in [-0.3, -0.25) is 0 Å². The molecule has 1 aromatic heterocycles. The van der Waals surface area contributed by atoms with Crippen molar-refractivity contribution in [3.05, 3.63) is 78.4 Å². The highest BCUT2D eigenvalue weighted by Gasteiger charge is 2.08. The molecule has 0 unspecified atom stereocenters. The van der Waals surface area contributed by atoms with Crippen LogP contribution in [0.5, 0.6) is 0 Å². The summed E-state index contributed by atoms with van der Waals surface area (Å²) in [4.78, 5) is 2.50. The molecule has 0 spiro atoms. The fourth-order valence-corrected chi connectivity index (χ4v) is 4.33. The van der Waals surface area contributed by atoms with Gasteiger partial charge in [-0.25, -0.2) is 4.39 Å². The third-order valence-corrected chi connectivity index (χ3v) is 6.96. The number of rotatable bonds is 3. The van der Waals surface area contributed by atoms with Crippen molar-refractivity contribution in [3.8, 4) is 10.4 Å². The van der Waals surface area contributed by atoms with E-state index in [9.17, 15) is 4.39 Å². The molecule has 0 bridgehead atoms. The number of hydrogen-bond donors (Lipinski definition) is 0. The Kier molecular flexibility index (Phi) is 5.00. The Morgan fingerprint density at radius 1 is 1.09 bits per heavy atom. The van der Waals surface area contributed by atoms with Gasteiger partial charge in [-0.1, -0.05) is 12.1 Å². The first-order chi connectivity index (χ1) is 10.5. The molecule has 0 aliphatic rings. The van der Waals surface area contributed by atoms with E-state index in [0.29, 0.717) is 0 Å². The van der Waals surface area contributed by atoms with Crippen LogP contribution in [0.1, 0.15) is 16.0 Å². The molecule has 22 heavy (non-hydrogen) atoms. The number of aryl methyl sites for hydroxylation is 1. The van der Waals surface area contributed by atoms with Crippen molar-refractivity contribution in [1.82, 2.24) is 0 Å². The molecule has 1 heterocycles. The molecule has 0 fully saturated rings. The van der Waals surface area contributed by atoms with Gasteiger partial charge in [0.25, 0.3) is 0 Å². The van der Waals surface area contributed by atoms with Gasteiger partial charge in [0.15, 0.2) is 0 Å². The molecular weight excluding hydrogens is 474 g/mol. The van der Waals surface area contributed by atoms with Gasteiger partial charge in [0, 0.05) is 24.2 Å². The van der Waals surface area contributed by atoms with Crippen LogP contribution in [-0.2, 0) is 6.42 Å². The second-order valence-corrected chi connectivity index (χ2v) is 8.33. The Balaban J connectivity index is 1.86. The highest BCUT2D eigenvalue weighted by atomic mass is 127. The molecule has 2 aromatic carbocycles. The van der Waals surface area contributed by atoms with Crippen molar-refractivity contribution in [2.24, 2.45) is 0 Å². The highest BCUT2D eigenvalue weighted by molar-refractivity contribution is 14.1. The summed E-state index contributed by atoms with van der Waals surface area (Å²) in [6.45, 7) is 2.14. The van der Waals surface area contributed by atoms with E-state index in [1.807, 2.05) is 12.1 Å². The van der Waals surface area contributed by atoms with Crippen LogP contribution in [0.25, 0.3) is 10.4 Å². The van der Waals surface area contributed by atoms with Crippen molar-refractivity contribution in [2.75, 3.05) is 0 Å². The van der Waals surface area contributed by atoms with Gasteiger partial charge in [0.1, 0.15) is 5.82 Å². The quantitative estimate of drug-likeness (QED) is 0.356. The Labute approximate surface area is 155 Å². The minimum absolute atomic E-state index is 0.194. The molecule has 0 aliphatic carbocycles. The summed E-state index contributed by atoms with van der Waals surface area (Å²) in [5, 5.41) is 0. The molecule has 0 aliphatic heterocycles. The largest absolute Gasteiger partial charge is 0.207 e. The molecule has 0 radical (unpaired) electrons. The van der Waals surface area contributed by atoms with Gasteiger partial charge in [-0.05, 0) is 98.5 Å². The summed E-state index contributed by atoms with van der Waals surface area (Å²) in [6.07, 6.45) is 0.932. The molecule has 3 rings (SSSR count). The molecule has 0 saturated heterocycles. The van der Waals surface area contributed by atoms with Crippen molar-refractivity contribution >= 4 is 49.9 Å². The average molecular weight is 487 g/mol. The van der Waals surface area contributed by atoms with Crippen LogP contribution >= 0.6 is 49.9 Å². The van der Waals surface area contributed by atoms with Gasteiger partial charge in [-0.2, -0.15) is 0 Å². The lowest BCUT2D eigenvalue weighted by atomic mass is 10.1. The second kappa shape index (κ2) is 6.81. The highest BCUT2D eigenvalue weighted by Crippen LogP contribution is 2.31. The smallest absolute Gasteiger partial charge is 0.123 e. The van der Waals surface area contributed by atoms with E-state index >= 15 is 0 Å². The van der Waals surface area contributed by atoms with Crippen LogP contribution in [0, 0.1) is 16.3 Å². The van der Waals surface area contributed by atoms with Crippen LogP contribution in [-0.4, -0.2) is 0 Å². The Morgan fingerprint density at radius 3 is 2.55 bits per heavy atom. The fourth-order valence-electron chi connectivity index (χ4n) is 2.31. The van der Waals surface area contributed by atoms with E-state index < -0.39 is 0 Å². The van der Waals surface area contributed by atoms with Gasteiger partial charge in [0.2, 0.25) is 0 Å². The summed E-state index contributed by atoms with van der Waals surface area (Å²) in [5.74, 6) is -0.194. The zero-order valence-electron chi connectivity index (χ0n) is 11.9. The molecule has 4 heteroatoms. The maximum absolute atomic E-state index is 13.0. The Hall–Kier alpha value is -0.720. The Morgan fingerprint density at radius 2 is 1.82 bits per heavy atom. The van der Waals surface area contributed by atoms with Crippen molar-refractivity contribution in [1.29, 1.82) is 0 Å². The van der Waals surface area contributed by atoms with Crippen LogP contribution < -0.4 is 0 Å². The molecular formula is C18H13BrFIS. The lowest BCUT2D eigenvalue weighted by Crippen LogP contribution is -1.91. The van der Waals surface area contributed by atoms with E-state index in [0.717, 1.165) is 16.5 Å². The van der Waals surface area contributed by atoms with Crippen molar-refractivity contribution < 1.29 is 4.39 Å². The van der Waals surface area contributed by atoms with Gasteiger partial charge >= 0.3 is 0 Å². The SMILES string of the molecule is Cc1cc(Br)c(I)cc1Cc1ccc(-c2ccc(F)cc2)s1.